The summed E-state index contributed by atoms with van der Waals surface area (Å²) in [6.07, 6.45) is 3.69. The molecule has 0 amide bonds. The molecule has 0 aromatic heterocycles. The van der Waals surface area contributed by atoms with Gasteiger partial charge in [-0.2, -0.15) is 22.0 Å². The predicted molar refractivity (Wildman–Crippen MR) is 161 cm³/mol. The van der Waals surface area contributed by atoms with Crippen LogP contribution in [0.15, 0.2) is 18.2 Å². The molecule has 4 nitrogen and oxygen atoms in total. The molecule has 2 saturated carbocycles. The number of hydrogen-bond acceptors (Lipinski definition) is 4. The van der Waals surface area contributed by atoms with Crippen molar-refractivity contribution in [3.8, 4) is 5.75 Å². The molecule has 2 N–H and O–H groups in total. The van der Waals surface area contributed by atoms with Crippen LogP contribution in [0, 0.1) is 23.2 Å². The minimum absolute atomic E-state index is 0.0188. The number of aliphatic hydroxyl groups excluding tert-OH is 1. The highest BCUT2D eigenvalue weighted by atomic mass is 32.2. The first kappa shape index (κ1) is 34.6. The Morgan fingerprint density at radius 1 is 0.977 bits per heavy atom. The Bertz CT molecular complexity index is 1090. The third-order valence-electron chi connectivity index (χ3n) is 10.9. The second kappa shape index (κ2) is 14.4. The Morgan fingerprint density at radius 2 is 1.67 bits per heavy atom. The number of rotatable bonds is 15. The van der Waals surface area contributed by atoms with Gasteiger partial charge in [-0.05, 0) is 137 Å². The Kier molecular flexibility index (Phi) is 11.6. The maximum atomic E-state index is 13.0. The van der Waals surface area contributed by atoms with E-state index in [0.29, 0.717) is 41.6 Å². The van der Waals surface area contributed by atoms with Crippen LogP contribution in [0.25, 0.3) is 0 Å². The Labute approximate surface area is 256 Å². The molecule has 0 radical (unpaired) electrons. The van der Waals surface area contributed by atoms with Gasteiger partial charge < -0.3 is 15.1 Å². The van der Waals surface area contributed by atoms with E-state index < -0.39 is 35.7 Å². The number of nitrogens with zero attached hydrogens (tertiary/aromatic N) is 1. The zero-order valence-electron chi connectivity index (χ0n) is 25.7. The number of hydrogen-bond donors (Lipinski definition) is 2. The molecule has 2 fully saturated rings. The molecule has 0 aliphatic heterocycles. The third-order valence-corrected chi connectivity index (χ3v) is 12.4. The molecule has 0 spiro atoms. The topological polar surface area (TPSA) is 60.8 Å². The number of aliphatic hydroxyl groups is 1. The van der Waals surface area contributed by atoms with Crippen LogP contribution in [-0.4, -0.2) is 69.2 Å². The second-order valence-electron chi connectivity index (χ2n) is 13.8. The average Bonchev–Trinajstić information content (AvgIpc) is 3.23. The largest absolute Gasteiger partial charge is 0.508 e. The molecule has 1 unspecified atom stereocenters. The van der Waals surface area contributed by atoms with E-state index in [9.17, 15) is 36.4 Å². The second-order valence-corrected chi connectivity index (χ2v) is 15.5. The lowest BCUT2D eigenvalue weighted by atomic mass is 9.52. The van der Waals surface area contributed by atoms with E-state index in [1.165, 1.54) is 11.1 Å². The number of phenolic OH excluding ortho intramolecular Hbond substituents is 1. The first-order valence-corrected chi connectivity index (χ1v) is 17.7. The molecule has 3 aliphatic carbocycles. The van der Waals surface area contributed by atoms with Gasteiger partial charge in [0.2, 0.25) is 0 Å². The predicted octanol–water partition coefficient (Wildman–Crippen LogP) is 7.83. The van der Waals surface area contributed by atoms with Crippen LogP contribution in [0.2, 0.25) is 0 Å². The summed E-state index contributed by atoms with van der Waals surface area (Å²) in [5.41, 5.74) is 2.73. The van der Waals surface area contributed by atoms with Crippen LogP contribution >= 0.6 is 0 Å². The van der Waals surface area contributed by atoms with E-state index in [2.05, 4.69) is 24.9 Å². The van der Waals surface area contributed by atoms with Gasteiger partial charge in [0.1, 0.15) is 5.75 Å². The molecular formula is C33H50F5NO3S. The summed E-state index contributed by atoms with van der Waals surface area (Å²) < 4.78 is 74.7. The number of fused-ring (bicyclic) bond motifs is 5. The van der Waals surface area contributed by atoms with Crippen LogP contribution in [0.3, 0.4) is 0 Å². The zero-order chi connectivity index (χ0) is 31.4. The number of unbranched alkanes of at least 4 members (excludes halogenated alkanes) is 3. The number of alkyl halides is 5. The van der Waals surface area contributed by atoms with Crippen molar-refractivity contribution >= 4 is 10.8 Å². The van der Waals surface area contributed by atoms with Crippen molar-refractivity contribution in [2.24, 2.45) is 23.2 Å². The fourth-order valence-corrected chi connectivity index (χ4v) is 9.65. The van der Waals surface area contributed by atoms with Gasteiger partial charge >= 0.3 is 12.1 Å². The van der Waals surface area contributed by atoms with Crippen molar-refractivity contribution in [1.82, 2.24) is 4.90 Å². The molecule has 7 atom stereocenters. The van der Waals surface area contributed by atoms with Gasteiger partial charge in [0.15, 0.2) is 0 Å². The average molecular weight is 636 g/mol. The van der Waals surface area contributed by atoms with Gasteiger partial charge in [0.25, 0.3) is 0 Å². The summed E-state index contributed by atoms with van der Waals surface area (Å²) in [7, 11) is 0.676. The van der Waals surface area contributed by atoms with Crippen LogP contribution in [-0.2, 0) is 17.2 Å². The zero-order valence-corrected chi connectivity index (χ0v) is 26.5. The number of halogens is 5. The molecule has 43 heavy (non-hydrogen) atoms. The molecule has 4 rings (SSSR count). The van der Waals surface area contributed by atoms with E-state index in [0.717, 1.165) is 77.3 Å². The van der Waals surface area contributed by atoms with Gasteiger partial charge in [0.05, 0.1) is 6.10 Å². The molecule has 0 saturated heterocycles. The first-order valence-electron chi connectivity index (χ1n) is 16.2. The lowest BCUT2D eigenvalue weighted by Gasteiger charge is -2.53. The van der Waals surface area contributed by atoms with Crippen molar-refractivity contribution < 1.29 is 36.4 Å². The van der Waals surface area contributed by atoms with Crippen molar-refractivity contribution in [1.29, 1.82) is 0 Å². The maximum Gasteiger partial charge on any atom is 0.453 e. The minimum Gasteiger partial charge on any atom is -0.508 e. The molecule has 1 aromatic carbocycles. The molecule has 3 aliphatic rings. The standard InChI is InChI=1S/C33H50F5NO3S/c1-31-16-14-27-26-11-10-25(40)22-24(26)21-23(30(27)28(31)12-13-29(31)41)9-4-3-5-17-39(2)18-6-7-19-43(42)20-8-15-32(34,35)33(36,37)38/h10-11,22-23,27-30,40-41H,3-9,12-21H2,1-2H3/t23-,27-,28+,29+,30-,31+,43?/m1/s1. The fraction of sp³-hybridized carbons (Fsp3) is 0.818. The van der Waals surface area contributed by atoms with Gasteiger partial charge in [-0.1, -0.05) is 25.8 Å². The highest BCUT2D eigenvalue weighted by Gasteiger charge is 2.57. The van der Waals surface area contributed by atoms with E-state index in [1.54, 1.807) is 0 Å². The summed E-state index contributed by atoms with van der Waals surface area (Å²) in [5.74, 6) is -1.97. The van der Waals surface area contributed by atoms with Crippen LogP contribution < -0.4 is 0 Å². The summed E-state index contributed by atoms with van der Waals surface area (Å²) in [6.45, 7) is 4.09. The molecule has 10 heteroatoms. The fourth-order valence-electron chi connectivity index (χ4n) is 8.45. The molecular weight excluding hydrogens is 585 g/mol. The van der Waals surface area contributed by atoms with Gasteiger partial charge in [-0.15, -0.1) is 0 Å². The molecule has 1 aromatic rings. The van der Waals surface area contributed by atoms with Crippen molar-refractivity contribution in [2.75, 3.05) is 31.6 Å². The highest BCUT2D eigenvalue weighted by molar-refractivity contribution is 7.84. The lowest BCUT2D eigenvalue weighted by Crippen LogP contribution is -2.47. The third kappa shape index (κ3) is 8.32. The van der Waals surface area contributed by atoms with E-state index in [4.69, 9.17) is 0 Å². The minimum atomic E-state index is -5.55. The Morgan fingerprint density at radius 3 is 2.40 bits per heavy atom. The maximum absolute atomic E-state index is 13.0. The van der Waals surface area contributed by atoms with Crippen molar-refractivity contribution in [3.63, 3.8) is 0 Å². The Hall–Kier alpha value is -1.26. The molecule has 246 valence electrons. The monoisotopic (exact) mass is 635 g/mol. The SMILES string of the molecule is CN(CCCCC[C@@H]1Cc2cc(O)ccc2[C@H]2CC[C@]3(C)[C@@H](O)CC[C@H]3[C@H]12)CCCCS(=O)CCCC(F)(F)C(F)(F)F. The molecule has 0 bridgehead atoms. The number of phenols is 1. The first-order chi connectivity index (χ1) is 20.2. The normalized spacial score (nSPS) is 29.7. The van der Waals surface area contributed by atoms with Gasteiger partial charge in [0, 0.05) is 28.7 Å². The van der Waals surface area contributed by atoms with Crippen LogP contribution in [0.1, 0.15) is 101 Å². The smallest absolute Gasteiger partial charge is 0.453 e. The van der Waals surface area contributed by atoms with E-state index in [1.807, 2.05) is 12.1 Å². The van der Waals surface area contributed by atoms with Gasteiger partial charge in [-0.3, -0.25) is 4.21 Å². The van der Waals surface area contributed by atoms with Crippen molar-refractivity contribution in [3.05, 3.63) is 29.3 Å². The van der Waals surface area contributed by atoms with Gasteiger partial charge in [-0.25, -0.2) is 0 Å². The highest BCUT2D eigenvalue weighted by Crippen LogP contribution is 2.62. The van der Waals surface area contributed by atoms with Crippen molar-refractivity contribution in [2.45, 2.75) is 115 Å². The quantitative estimate of drug-likeness (QED) is 0.152. The van der Waals surface area contributed by atoms with E-state index >= 15 is 0 Å². The van der Waals surface area contributed by atoms with Crippen LogP contribution in [0.4, 0.5) is 22.0 Å². The summed E-state index contributed by atoms with van der Waals surface area (Å²) >= 11 is 0. The molecule has 0 heterocycles. The Balaban J connectivity index is 1.15. The number of aromatic hydroxyl groups is 1. The lowest BCUT2D eigenvalue weighted by molar-refractivity contribution is -0.284. The van der Waals surface area contributed by atoms with Crippen LogP contribution in [0.5, 0.6) is 5.75 Å². The summed E-state index contributed by atoms with van der Waals surface area (Å²) in [5, 5.41) is 21.0. The summed E-state index contributed by atoms with van der Waals surface area (Å²) in [6, 6.07) is 5.93. The van der Waals surface area contributed by atoms with E-state index in [-0.39, 0.29) is 17.3 Å². The summed E-state index contributed by atoms with van der Waals surface area (Å²) in [4.78, 5) is 2.24. The number of benzene rings is 1.